The molecule has 3 heteroatoms. The van der Waals surface area contributed by atoms with Crippen LogP contribution in [0.3, 0.4) is 0 Å². The van der Waals surface area contributed by atoms with Crippen molar-refractivity contribution in [2.75, 3.05) is 13.1 Å². The molecule has 21 heavy (non-hydrogen) atoms. The summed E-state index contributed by atoms with van der Waals surface area (Å²) in [7, 11) is 0. The zero-order chi connectivity index (χ0) is 14.5. The van der Waals surface area contributed by atoms with Crippen LogP contribution in [0.5, 0.6) is 0 Å². The number of aromatic nitrogens is 1. The molecule has 0 amide bonds. The molecule has 1 aliphatic heterocycles. The van der Waals surface area contributed by atoms with Crippen LogP contribution in [0.15, 0.2) is 54.9 Å². The molecule has 0 spiro atoms. The highest BCUT2D eigenvalue weighted by molar-refractivity contribution is 5.97. The van der Waals surface area contributed by atoms with Crippen LogP contribution < -0.4 is 0 Å². The van der Waals surface area contributed by atoms with Gasteiger partial charge in [0.05, 0.1) is 6.54 Å². The van der Waals surface area contributed by atoms with Gasteiger partial charge in [0.1, 0.15) is 0 Å². The maximum atomic E-state index is 12.4. The summed E-state index contributed by atoms with van der Waals surface area (Å²) >= 11 is 0. The Kier molecular flexibility index (Phi) is 4.41. The van der Waals surface area contributed by atoms with Gasteiger partial charge in [0.25, 0.3) is 0 Å². The summed E-state index contributed by atoms with van der Waals surface area (Å²) in [6.07, 6.45) is 7.21. The summed E-state index contributed by atoms with van der Waals surface area (Å²) in [6, 6.07) is 14.0. The topological polar surface area (TPSA) is 33.2 Å². The normalized spacial score (nSPS) is 19.3. The minimum atomic E-state index is 0.200. The standard InChI is InChI=1S/C18H20N2O/c21-18(15-7-2-1-3-8-15)14-20-12-5-4-10-17(20)16-9-6-11-19-13-16/h1-3,6-9,11,13,17H,4-5,10,12,14H2/t17-/m0/s1. The van der Waals surface area contributed by atoms with Gasteiger partial charge in [-0.2, -0.15) is 0 Å². The van der Waals surface area contributed by atoms with E-state index in [-0.39, 0.29) is 5.78 Å². The zero-order valence-electron chi connectivity index (χ0n) is 12.1. The van der Waals surface area contributed by atoms with Crippen molar-refractivity contribution in [1.29, 1.82) is 0 Å². The van der Waals surface area contributed by atoms with Crippen LogP contribution in [0.2, 0.25) is 0 Å². The average Bonchev–Trinajstić information content (AvgIpc) is 2.57. The third kappa shape index (κ3) is 3.37. The molecule has 3 nitrogen and oxygen atoms in total. The van der Waals surface area contributed by atoms with Gasteiger partial charge in [0.15, 0.2) is 5.78 Å². The second kappa shape index (κ2) is 6.64. The second-order valence-electron chi connectivity index (χ2n) is 5.56. The van der Waals surface area contributed by atoms with E-state index >= 15 is 0 Å². The van der Waals surface area contributed by atoms with E-state index in [1.54, 1.807) is 6.20 Å². The third-order valence-corrected chi connectivity index (χ3v) is 4.13. The number of rotatable bonds is 4. The highest BCUT2D eigenvalue weighted by Gasteiger charge is 2.25. The number of Topliss-reactive ketones (excluding diaryl/α,β-unsaturated/α-hetero) is 1. The summed E-state index contributed by atoms with van der Waals surface area (Å²) in [5, 5.41) is 0. The number of pyridine rings is 1. The summed E-state index contributed by atoms with van der Waals surface area (Å²) in [5.74, 6) is 0.200. The molecule has 1 aromatic carbocycles. The van der Waals surface area contributed by atoms with E-state index in [1.807, 2.05) is 42.6 Å². The summed E-state index contributed by atoms with van der Waals surface area (Å²) in [6.45, 7) is 1.47. The number of hydrogen-bond acceptors (Lipinski definition) is 3. The van der Waals surface area contributed by atoms with Gasteiger partial charge in [-0.15, -0.1) is 0 Å². The monoisotopic (exact) mass is 280 g/mol. The fourth-order valence-electron chi connectivity index (χ4n) is 3.03. The van der Waals surface area contributed by atoms with Crippen molar-refractivity contribution in [2.45, 2.75) is 25.3 Å². The highest BCUT2D eigenvalue weighted by atomic mass is 16.1. The van der Waals surface area contributed by atoms with E-state index in [0.717, 1.165) is 18.5 Å². The number of hydrogen-bond donors (Lipinski definition) is 0. The van der Waals surface area contributed by atoms with Crippen LogP contribution >= 0.6 is 0 Å². The third-order valence-electron chi connectivity index (χ3n) is 4.13. The molecule has 0 bridgehead atoms. The van der Waals surface area contributed by atoms with Gasteiger partial charge in [0, 0.05) is 24.0 Å². The Hall–Kier alpha value is -2.00. The van der Waals surface area contributed by atoms with Crippen molar-refractivity contribution in [1.82, 2.24) is 9.88 Å². The first-order valence-corrected chi connectivity index (χ1v) is 7.57. The van der Waals surface area contributed by atoms with Gasteiger partial charge in [0.2, 0.25) is 0 Å². The Balaban J connectivity index is 1.75. The Labute approximate surface area is 125 Å². The molecule has 3 rings (SSSR count). The quantitative estimate of drug-likeness (QED) is 0.804. The van der Waals surface area contributed by atoms with Gasteiger partial charge in [-0.25, -0.2) is 0 Å². The summed E-state index contributed by atoms with van der Waals surface area (Å²) in [5.41, 5.74) is 2.02. The minimum Gasteiger partial charge on any atom is -0.293 e. The van der Waals surface area contributed by atoms with E-state index in [9.17, 15) is 4.79 Å². The lowest BCUT2D eigenvalue weighted by Crippen LogP contribution is -2.37. The number of nitrogens with zero attached hydrogens (tertiary/aromatic N) is 2. The van der Waals surface area contributed by atoms with Gasteiger partial charge in [-0.1, -0.05) is 42.8 Å². The molecule has 1 aliphatic rings. The molecule has 0 aliphatic carbocycles. The molecule has 1 fully saturated rings. The van der Waals surface area contributed by atoms with E-state index in [1.165, 1.54) is 18.4 Å². The molecule has 108 valence electrons. The SMILES string of the molecule is O=C(CN1CCCC[C@H]1c1cccnc1)c1ccccc1. The number of piperidine rings is 1. The molecule has 1 aromatic heterocycles. The Morgan fingerprint density at radius 3 is 2.76 bits per heavy atom. The average molecular weight is 280 g/mol. The lowest BCUT2D eigenvalue weighted by atomic mass is 9.95. The number of carbonyl (C=O) groups excluding carboxylic acids is 1. The zero-order valence-corrected chi connectivity index (χ0v) is 12.1. The molecule has 2 aromatic rings. The smallest absolute Gasteiger partial charge is 0.176 e. The van der Waals surface area contributed by atoms with Crippen LogP contribution in [-0.2, 0) is 0 Å². The molecule has 0 unspecified atom stereocenters. The van der Waals surface area contributed by atoms with Crippen LogP contribution in [0.25, 0.3) is 0 Å². The summed E-state index contributed by atoms with van der Waals surface area (Å²) < 4.78 is 0. The molecule has 1 saturated heterocycles. The van der Waals surface area contributed by atoms with Gasteiger partial charge >= 0.3 is 0 Å². The highest BCUT2D eigenvalue weighted by Crippen LogP contribution is 2.30. The Morgan fingerprint density at radius 2 is 2.00 bits per heavy atom. The van der Waals surface area contributed by atoms with Crippen molar-refractivity contribution in [3.63, 3.8) is 0 Å². The van der Waals surface area contributed by atoms with E-state index < -0.39 is 0 Å². The largest absolute Gasteiger partial charge is 0.293 e. The molecule has 0 N–H and O–H groups in total. The molecular weight excluding hydrogens is 260 g/mol. The lowest BCUT2D eigenvalue weighted by Gasteiger charge is -2.35. The van der Waals surface area contributed by atoms with Crippen molar-refractivity contribution < 1.29 is 4.79 Å². The predicted octanol–water partition coefficient (Wildman–Crippen LogP) is 3.49. The fraction of sp³-hybridized carbons (Fsp3) is 0.333. The lowest BCUT2D eigenvalue weighted by molar-refractivity contribution is 0.0842. The first kappa shape index (κ1) is 14.0. The van der Waals surface area contributed by atoms with Crippen molar-refractivity contribution >= 4 is 5.78 Å². The maximum absolute atomic E-state index is 12.4. The minimum absolute atomic E-state index is 0.200. The molecule has 0 radical (unpaired) electrons. The molecule has 0 saturated carbocycles. The van der Waals surface area contributed by atoms with Gasteiger partial charge in [-0.05, 0) is 31.0 Å². The molecule has 1 atom stereocenters. The number of likely N-dealkylation sites (tertiary alicyclic amines) is 1. The van der Waals surface area contributed by atoms with Crippen molar-refractivity contribution in [2.24, 2.45) is 0 Å². The number of benzene rings is 1. The molecule has 2 heterocycles. The van der Waals surface area contributed by atoms with E-state index in [4.69, 9.17) is 0 Å². The van der Waals surface area contributed by atoms with Crippen molar-refractivity contribution in [3.8, 4) is 0 Å². The van der Waals surface area contributed by atoms with Crippen LogP contribution in [0, 0.1) is 0 Å². The first-order valence-electron chi connectivity index (χ1n) is 7.57. The van der Waals surface area contributed by atoms with Crippen molar-refractivity contribution in [3.05, 3.63) is 66.0 Å². The summed E-state index contributed by atoms with van der Waals surface area (Å²) in [4.78, 5) is 19.0. The van der Waals surface area contributed by atoms with Gasteiger partial charge < -0.3 is 0 Å². The Morgan fingerprint density at radius 1 is 1.14 bits per heavy atom. The van der Waals surface area contributed by atoms with Gasteiger partial charge in [-0.3, -0.25) is 14.7 Å². The fourth-order valence-corrected chi connectivity index (χ4v) is 3.03. The van der Waals surface area contributed by atoms with Crippen LogP contribution in [0.4, 0.5) is 0 Å². The predicted molar refractivity (Wildman–Crippen MR) is 83.2 cm³/mol. The Bertz CT molecular complexity index is 583. The first-order chi connectivity index (χ1) is 10.3. The van der Waals surface area contributed by atoms with E-state index in [0.29, 0.717) is 12.6 Å². The van der Waals surface area contributed by atoms with Crippen LogP contribution in [0.1, 0.15) is 41.2 Å². The van der Waals surface area contributed by atoms with E-state index in [2.05, 4.69) is 16.0 Å². The number of ketones is 1. The maximum Gasteiger partial charge on any atom is 0.176 e. The number of carbonyl (C=O) groups is 1. The molecular formula is C18H20N2O. The van der Waals surface area contributed by atoms with Crippen LogP contribution in [-0.4, -0.2) is 28.8 Å². The second-order valence-corrected chi connectivity index (χ2v) is 5.56.